The standard InChI is InChI=1S/C25H30N8O/c34-24(32-13-4-1-5-14-32)21-11-7-15-33(21)25-27-18-10-6-8-17(18)23(29-25)28-22-16-20(30-31-22)19-9-2-3-12-26-19/h2-3,9,12,16,21H,1,4-8,10-11,13-15H2,(H2,27,28,29,30,31). The van der Waals surface area contributed by atoms with Gasteiger partial charge in [0.15, 0.2) is 5.82 Å². The second kappa shape index (κ2) is 9.04. The van der Waals surface area contributed by atoms with Crippen molar-refractivity contribution in [3.8, 4) is 11.4 Å². The molecule has 0 aromatic carbocycles. The van der Waals surface area contributed by atoms with Crippen molar-refractivity contribution in [3.05, 3.63) is 41.7 Å². The van der Waals surface area contributed by atoms with Crippen LogP contribution in [0.1, 0.15) is 49.8 Å². The molecule has 3 aromatic heterocycles. The van der Waals surface area contributed by atoms with Gasteiger partial charge in [0, 0.05) is 37.5 Å². The van der Waals surface area contributed by atoms with Crippen LogP contribution in [0.15, 0.2) is 30.5 Å². The summed E-state index contributed by atoms with van der Waals surface area (Å²) in [6, 6.07) is 7.59. The summed E-state index contributed by atoms with van der Waals surface area (Å²) in [5.41, 5.74) is 3.93. The smallest absolute Gasteiger partial charge is 0.245 e. The lowest BCUT2D eigenvalue weighted by atomic mass is 10.1. The van der Waals surface area contributed by atoms with Gasteiger partial charge in [0.2, 0.25) is 11.9 Å². The number of fused-ring (bicyclic) bond motifs is 1. The number of likely N-dealkylation sites (tertiary alicyclic amines) is 1. The Hall–Kier alpha value is -3.49. The third-order valence-electron chi connectivity index (χ3n) is 7.15. The van der Waals surface area contributed by atoms with Gasteiger partial charge in [0.1, 0.15) is 11.9 Å². The van der Waals surface area contributed by atoms with Gasteiger partial charge in [-0.25, -0.2) is 4.98 Å². The van der Waals surface area contributed by atoms with Gasteiger partial charge in [-0.3, -0.25) is 14.9 Å². The fraction of sp³-hybridized carbons (Fsp3) is 0.480. The van der Waals surface area contributed by atoms with Crippen LogP contribution in [0.5, 0.6) is 0 Å². The van der Waals surface area contributed by atoms with E-state index in [1.807, 2.05) is 29.2 Å². The Labute approximate surface area is 199 Å². The lowest BCUT2D eigenvalue weighted by Crippen LogP contribution is -2.48. The van der Waals surface area contributed by atoms with Crippen LogP contribution >= 0.6 is 0 Å². The van der Waals surface area contributed by atoms with Gasteiger partial charge in [-0.15, -0.1) is 0 Å². The molecule has 1 unspecified atom stereocenters. The minimum atomic E-state index is -0.161. The number of carbonyl (C=O) groups is 1. The maximum absolute atomic E-state index is 13.3. The number of rotatable bonds is 5. The summed E-state index contributed by atoms with van der Waals surface area (Å²) in [6.07, 6.45) is 10.0. The molecule has 1 amide bonds. The fourth-order valence-electron chi connectivity index (χ4n) is 5.40. The van der Waals surface area contributed by atoms with E-state index in [9.17, 15) is 4.79 Å². The van der Waals surface area contributed by atoms with Crippen molar-refractivity contribution in [1.29, 1.82) is 0 Å². The van der Waals surface area contributed by atoms with Crippen molar-refractivity contribution in [2.75, 3.05) is 29.9 Å². The molecule has 3 aromatic rings. The Morgan fingerprint density at radius 3 is 2.79 bits per heavy atom. The lowest BCUT2D eigenvalue weighted by molar-refractivity contribution is -0.133. The van der Waals surface area contributed by atoms with Crippen LogP contribution in [-0.2, 0) is 17.6 Å². The molecule has 0 spiro atoms. The van der Waals surface area contributed by atoms with E-state index in [4.69, 9.17) is 9.97 Å². The Morgan fingerprint density at radius 2 is 1.94 bits per heavy atom. The van der Waals surface area contributed by atoms with Gasteiger partial charge in [-0.2, -0.15) is 10.1 Å². The number of aromatic amines is 1. The number of aromatic nitrogens is 5. The summed E-state index contributed by atoms with van der Waals surface area (Å²) in [4.78, 5) is 31.8. The van der Waals surface area contributed by atoms with Crippen molar-refractivity contribution in [2.45, 2.75) is 57.4 Å². The summed E-state index contributed by atoms with van der Waals surface area (Å²) in [7, 11) is 0. The molecule has 0 saturated carbocycles. The van der Waals surface area contributed by atoms with E-state index in [1.165, 1.54) is 6.42 Å². The third-order valence-corrected chi connectivity index (χ3v) is 7.15. The van der Waals surface area contributed by atoms with Crippen molar-refractivity contribution < 1.29 is 4.79 Å². The Bertz CT molecular complexity index is 1170. The van der Waals surface area contributed by atoms with Crippen LogP contribution in [0, 0.1) is 0 Å². The van der Waals surface area contributed by atoms with Crippen LogP contribution in [-0.4, -0.2) is 61.6 Å². The number of anilines is 3. The van der Waals surface area contributed by atoms with Gasteiger partial charge in [0.25, 0.3) is 0 Å². The van der Waals surface area contributed by atoms with E-state index in [0.717, 1.165) is 93.0 Å². The Morgan fingerprint density at radius 1 is 1.03 bits per heavy atom. The van der Waals surface area contributed by atoms with Crippen LogP contribution in [0.4, 0.5) is 17.6 Å². The van der Waals surface area contributed by atoms with E-state index >= 15 is 0 Å². The number of nitrogens with zero attached hydrogens (tertiary/aromatic N) is 6. The first kappa shape index (κ1) is 21.1. The maximum atomic E-state index is 13.3. The topological polar surface area (TPSA) is 103 Å². The molecule has 0 bridgehead atoms. The first-order chi connectivity index (χ1) is 16.8. The van der Waals surface area contributed by atoms with Gasteiger partial charge < -0.3 is 15.1 Å². The molecule has 34 heavy (non-hydrogen) atoms. The minimum Gasteiger partial charge on any atom is -0.341 e. The molecule has 2 aliphatic heterocycles. The van der Waals surface area contributed by atoms with Crippen LogP contribution in [0.25, 0.3) is 11.4 Å². The van der Waals surface area contributed by atoms with Crippen molar-refractivity contribution >= 4 is 23.5 Å². The van der Waals surface area contributed by atoms with E-state index < -0.39 is 0 Å². The normalized spacial score (nSPS) is 19.9. The predicted molar refractivity (Wildman–Crippen MR) is 130 cm³/mol. The molecule has 3 aliphatic rings. The van der Waals surface area contributed by atoms with Gasteiger partial charge >= 0.3 is 0 Å². The van der Waals surface area contributed by atoms with Crippen molar-refractivity contribution in [3.63, 3.8) is 0 Å². The molecule has 9 nitrogen and oxygen atoms in total. The number of pyridine rings is 1. The zero-order valence-electron chi connectivity index (χ0n) is 19.3. The molecule has 176 valence electrons. The highest BCUT2D eigenvalue weighted by Crippen LogP contribution is 2.33. The second-order valence-electron chi connectivity index (χ2n) is 9.40. The molecule has 1 atom stereocenters. The number of carbonyl (C=O) groups excluding carboxylic acids is 1. The Balaban J connectivity index is 1.27. The molecule has 2 fully saturated rings. The SMILES string of the molecule is O=C(C1CCCN1c1nc2c(c(Nc3cc(-c4ccccn4)[nH]n3)n1)CCC2)N1CCCCC1. The summed E-state index contributed by atoms with van der Waals surface area (Å²) < 4.78 is 0. The van der Waals surface area contributed by atoms with Crippen LogP contribution in [0.3, 0.4) is 0 Å². The molecule has 6 rings (SSSR count). The maximum Gasteiger partial charge on any atom is 0.245 e. The van der Waals surface area contributed by atoms with E-state index in [1.54, 1.807) is 6.20 Å². The van der Waals surface area contributed by atoms with E-state index in [2.05, 4.69) is 25.4 Å². The van der Waals surface area contributed by atoms with Gasteiger partial charge in [-0.05, 0) is 63.5 Å². The number of amides is 1. The number of hydrogen-bond donors (Lipinski definition) is 2. The summed E-state index contributed by atoms with van der Waals surface area (Å²) in [6.45, 7) is 2.56. The highest BCUT2D eigenvalue weighted by Gasteiger charge is 2.36. The molecule has 9 heteroatoms. The van der Waals surface area contributed by atoms with Crippen LogP contribution in [0.2, 0.25) is 0 Å². The van der Waals surface area contributed by atoms with Gasteiger partial charge in [-0.1, -0.05) is 6.07 Å². The predicted octanol–water partition coefficient (Wildman–Crippen LogP) is 3.48. The summed E-state index contributed by atoms with van der Waals surface area (Å²) in [5, 5.41) is 10.9. The molecular formula is C25H30N8O. The molecule has 1 aliphatic carbocycles. The third kappa shape index (κ3) is 3.99. The molecule has 5 heterocycles. The van der Waals surface area contributed by atoms with Gasteiger partial charge in [0.05, 0.1) is 17.1 Å². The minimum absolute atomic E-state index is 0.161. The zero-order valence-corrected chi connectivity index (χ0v) is 19.3. The molecule has 2 saturated heterocycles. The average Bonchev–Trinajstić information content (AvgIpc) is 3.65. The summed E-state index contributed by atoms with van der Waals surface area (Å²) >= 11 is 0. The molecular weight excluding hydrogens is 428 g/mol. The number of piperidine rings is 1. The first-order valence-electron chi connectivity index (χ1n) is 12.5. The van der Waals surface area contributed by atoms with E-state index in [0.29, 0.717) is 11.8 Å². The number of hydrogen-bond acceptors (Lipinski definition) is 7. The second-order valence-corrected chi connectivity index (χ2v) is 9.40. The fourth-order valence-corrected chi connectivity index (χ4v) is 5.40. The molecule has 0 radical (unpaired) electrons. The lowest BCUT2D eigenvalue weighted by Gasteiger charge is -2.32. The van der Waals surface area contributed by atoms with Crippen LogP contribution < -0.4 is 10.2 Å². The summed E-state index contributed by atoms with van der Waals surface area (Å²) in [5.74, 6) is 2.40. The number of nitrogens with one attached hydrogen (secondary N) is 2. The highest BCUT2D eigenvalue weighted by molar-refractivity contribution is 5.85. The van der Waals surface area contributed by atoms with Crippen molar-refractivity contribution in [1.82, 2.24) is 30.0 Å². The van der Waals surface area contributed by atoms with Crippen molar-refractivity contribution in [2.24, 2.45) is 0 Å². The quantitative estimate of drug-likeness (QED) is 0.603. The highest BCUT2D eigenvalue weighted by atomic mass is 16.2. The largest absolute Gasteiger partial charge is 0.341 e. The average molecular weight is 459 g/mol. The Kier molecular flexibility index (Phi) is 5.60. The molecule has 2 N–H and O–H groups in total. The van der Waals surface area contributed by atoms with E-state index in [-0.39, 0.29) is 11.9 Å². The first-order valence-corrected chi connectivity index (χ1v) is 12.5. The monoisotopic (exact) mass is 458 g/mol. The number of H-pyrrole nitrogens is 1. The number of aryl methyl sites for hydroxylation is 1. The zero-order chi connectivity index (χ0) is 22.9.